The van der Waals surface area contributed by atoms with Crippen molar-refractivity contribution in [2.75, 3.05) is 25.6 Å². The molecule has 0 fully saturated rings. The highest BCUT2D eigenvalue weighted by Gasteiger charge is 2.14. The number of amides is 2. The largest absolute Gasteiger partial charge is 0.392 e. The summed E-state index contributed by atoms with van der Waals surface area (Å²) in [5.74, 6) is -0.519. The molecule has 196 valence electrons. The van der Waals surface area contributed by atoms with Gasteiger partial charge in [0.15, 0.2) is 23.0 Å². The van der Waals surface area contributed by atoms with Crippen LogP contribution in [0.25, 0.3) is 22.5 Å². The molecule has 2 amide bonds. The normalized spacial score (nSPS) is 10.2. The molecular weight excluding hydrogens is 552 g/mol. The Labute approximate surface area is 227 Å². The van der Waals surface area contributed by atoms with E-state index in [-0.39, 0.29) is 41.4 Å². The highest BCUT2D eigenvalue weighted by Crippen LogP contribution is 2.21. The van der Waals surface area contributed by atoms with E-state index in [1.165, 1.54) is 20.3 Å². The zero-order chi connectivity index (χ0) is 27.7. The van der Waals surface area contributed by atoms with Crippen molar-refractivity contribution < 1.29 is 14.7 Å². The topological polar surface area (TPSA) is 182 Å². The van der Waals surface area contributed by atoms with Crippen molar-refractivity contribution in [3.8, 4) is 22.5 Å². The second-order valence-corrected chi connectivity index (χ2v) is 8.39. The minimum absolute atomic E-state index is 0.0570. The zero-order valence-electron chi connectivity index (χ0n) is 20.8. The van der Waals surface area contributed by atoms with Gasteiger partial charge in [0.1, 0.15) is 0 Å². The van der Waals surface area contributed by atoms with Gasteiger partial charge < -0.3 is 27.2 Å². The van der Waals surface area contributed by atoms with Crippen LogP contribution in [-0.4, -0.2) is 51.0 Å². The van der Waals surface area contributed by atoms with Crippen LogP contribution in [0.15, 0.2) is 60.9 Å². The Kier molecular flexibility index (Phi) is 9.79. The number of benzene rings is 2. The monoisotopic (exact) mass is 578 g/mol. The molecule has 7 N–H and O–H groups in total. The molecule has 0 aliphatic rings. The lowest BCUT2D eigenvalue weighted by molar-refractivity contribution is 0.0951. The molecular formula is C26H27BrN8O3. The lowest BCUT2D eigenvalue weighted by atomic mass is 10.1. The van der Waals surface area contributed by atoms with Gasteiger partial charge in [-0.05, 0) is 23.3 Å². The highest BCUT2D eigenvalue weighted by atomic mass is 79.9. The highest BCUT2D eigenvalue weighted by molar-refractivity contribution is 9.08. The summed E-state index contributed by atoms with van der Waals surface area (Å²) in [5.41, 5.74) is 16.2. The second kappa shape index (κ2) is 13.2. The summed E-state index contributed by atoms with van der Waals surface area (Å²) < 4.78 is 0. The number of aliphatic hydroxyl groups excluding tert-OH is 1. The molecule has 0 spiro atoms. The third kappa shape index (κ3) is 6.87. The predicted octanol–water partition coefficient (Wildman–Crippen LogP) is 2.56. The van der Waals surface area contributed by atoms with E-state index in [1.807, 2.05) is 30.3 Å². The first-order valence-corrected chi connectivity index (χ1v) is 12.5. The number of nitrogen functional groups attached to an aromatic ring is 2. The van der Waals surface area contributed by atoms with Gasteiger partial charge in [0.05, 0.1) is 30.4 Å². The fourth-order valence-corrected chi connectivity index (χ4v) is 3.64. The van der Waals surface area contributed by atoms with E-state index in [0.717, 1.165) is 27.6 Å². The summed E-state index contributed by atoms with van der Waals surface area (Å²) in [6.45, 7) is -0.0570. The van der Waals surface area contributed by atoms with Crippen LogP contribution < -0.4 is 22.1 Å². The SMILES string of the molecule is CNC(=O)c1nc(-c2cccc(CBr)c2)cnc1N.CNC(=O)c1nc(-c2cccc(CO)c2)cnc1N. The van der Waals surface area contributed by atoms with Gasteiger partial charge in [-0.25, -0.2) is 19.9 Å². The van der Waals surface area contributed by atoms with Crippen LogP contribution in [0.3, 0.4) is 0 Å². The number of nitrogens with zero attached hydrogens (tertiary/aromatic N) is 4. The number of rotatable bonds is 6. The van der Waals surface area contributed by atoms with Crippen molar-refractivity contribution in [1.82, 2.24) is 30.6 Å². The molecule has 0 saturated carbocycles. The molecule has 2 heterocycles. The average molecular weight is 579 g/mol. The third-order valence-corrected chi connectivity index (χ3v) is 5.92. The predicted molar refractivity (Wildman–Crippen MR) is 149 cm³/mol. The fraction of sp³-hybridized carbons (Fsp3) is 0.154. The van der Waals surface area contributed by atoms with Crippen LogP contribution in [-0.2, 0) is 11.9 Å². The first-order valence-electron chi connectivity index (χ1n) is 11.4. The molecule has 0 aliphatic heterocycles. The lowest BCUT2D eigenvalue weighted by Gasteiger charge is -2.07. The lowest BCUT2D eigenvalue weighted by Crippen LogP contribution is -2.21. The third-order valence-electron chi connectivity index (χ3n) is 5.27. The number of carbonyl (C=O) groups excluding carboxylic acids is 2. The molecule has 0 atom stereocenters. The smallest absolute Gasteiger partial charge is 0.273 e. The Balaban J connectivity index is 0.000000211. The van der Waals surface area contributed by atoms with Crippen LogP contribution in [0.1, 0.15) is 32.1 Å². The summed E-state index contributed by atoms with van der Waals surface area (Å²) in [5, 5.41) is 14.8. The fourth-order valence-electron chi connectivity index (χ4n) is 3.29. The maximum absolute atomic E-state index is 11.6. The molecule has 0 bridgehead atoms. The second-order valence-electron chi connectivity index (χ2n) is 7.83. The molecule has 0 unspecified atom stereocenters. The maximum atomic E-state index is 11.6. The van der Waals surface area contributed by atoms with Crippen LogP contribution >= 0.6 is 15.9 Å². The quantitative estimate of drug-likeness (QED) is 0.214. The maximum Gasteiger partial charge on any atom is 0.273 e. The molecule has 2 aromatic heterocycles. The average Bonchev–Trinajstić information content (AvgIpc) is 2.97. The zero-order valence-corrected chi connectivity index (χ0v) is 22.4. The van der Waals surface area contributed by atoms with Crippen molar-refractivity contribution in [1.29, 1.82) is 0 Å². The number of aromatic nitrogens is 4. The van der Waals surface area contributed by atoms with E-state index in [2.05, 4.69) is 46.5 Å². The number of nitrogens with two attached hydrogens (primary N) is 2. The standard InChI is InChI=1S/C13H13BrN4O.C13H14N4O2/c1-16-13(19)11-12(15)17-7-10(18-11)9-4-2-3-8(5-9)6-14;1-15-13(19)11-12(14)16-6-10(17-11)9-4-2-3-8(5-9)7-18/h2-5,7H,6H2,1H3,(H2,15,17)(H,16,19);2-6,18H,7H2,1H3,(H2,14,16)(H,15,19). The Morgan fingerprint density at radius 1 is 0.816 bits per heavy atom. The summed E-state index contributed by atoms with van der Waals surface area (Å²) in [6, 6.07) is 15.1. The van der Waals surface area contributed by atoms with Crippen molar-refractivity contribution in [2.24, 2.45) is 0 Å². The van der Waals surface area contributed by atoms with Gasteiger partial charge in [0, 0.05) is 30.6 Å². The first-order chi connectivity index (χ1) is 18.3. The van der Waals surface area contributed by atoms with Gasteiger partial charge in [0.2, 0.25) is 0 Å². The Bertz CT molecular complexity index is 1340. The molecule has 2 aromatic carbocycles. The van der Waals surface area contributed by atoms with E-state index in [4.69, 9.17) is 16.6 Å². The summed E-state index contributed by atoms with van der Waals surface area (Å²) >= 11 is 3.40. The van der Waals surface area contributed by atoms with Gasteiger partial charge in [-0.1, -0.05) is 52.3 Å². The molecule has 12 heteroatoms. The van der Waals surface area contributed by atoms with Gasteiger partial charge in [0.25, 0.3) is 11.8 Å². The van der Waals surface area contributed by atoms with Gasteiger partial charge in [-0.2, -0.15) is 0 Å². The molecule has 11 nitrogen and oxygen atoms in total. The number of anilines is 2. The summed E-state index contributed by atoms with van der Waals surface area (Å²) in [4.78, 5) is 39.7. The number of hydrogen-bond acceptors (Lipinski definition) is 9. The van der Waals surface area contributed by atoms with E-state index in [1.54, 1.807) is 24.4 Å². The summed E-state index contributed by atoms with van der Waals surface area (Å²) in [7, 11) is 3.03. The number of nitrogens with one attached hydrogen (secondary N) is 2. The van der Waals surface area contributed by atoms with Gasteiger partial charge in [-0.3, -0.25) is 9.59 Å². The van der Waals surface area contributed by atoms with Crippen molar-refractivity contribution in [2.45, 2.75) is 11.9 Å². The number of alkyl halides is 1. The van der Waals surface area contributed by atoms with Crippen LogP contribution in [0, 0.1) is 0 Å². The van der Waals surface area contributed by atoms with Crippen molar-refractivity contribution >= 4 is 39.4 Å². The van der Waals surface area contributed by atoms with E-state index in [9.17, 15) is 9.59 Å². The Hall–Kier alpha value is -4.42. The minimum Gasteiger partial charge on any atom is -0.392 e. The molecule has 0 radical (unpaired) electrons. The van der Waals surface area contributed by atoms with Crippen LogP contribution in [0.4, 0.5) is 11.6 Å². The van der Waals surface area contributed by atoms with E-state index >= 15 is 0 Å². The number of aliphatic hydroxyl groups is 1. The Morgan fingerprint density at radius 2 is 1.26 bits per heavy atom. The molecule has 0 saturated heterocycles. The number of hydrogen-bond donors (Lipinski definition) is 5. The van der Waals surface area contributed by atoms with E-state index < -0.39 is 0 Å². The molecule has 4 rings (SSSR count). The molecule has 4 aromatic rings. The molecule has 0 aliphatic carbocycles. The minimum atomic E-state index is -0.384. The van der Waals surface area contributed by atoms with Crippen LogP contribution in [0.2, 0.25) is 0 Å². The molecule has 38 heavy (non-hydrogen) atoms. The summed E-state index contributed by atoms with van der Waals surface area (Å²) in [6.07, 6.45) is 3.06. The Morgan fingerprint density at radius 3 is 1.68 bits per heavy atom. The van der Waals surface area contributed by atoms with Gasteiger partial charge >= 0.3 is 0 Å². The van der Waals surface area contributed by atoms with E-state index in [0.29, 0.717) is 11.4 Å². The van der Waals surface area contributed by atoms with Crippen molar-refractivity contribution in [3.05, 3.63) is 83.4 Å². The number of halogens is 1. The van der Waals surface area contributed by atoms with Crippen molar-refractivity contribution in [3.63, 3.8) is 0 Å². The number of carbonyl (C=O) groups is 2. The van der Waals surface area contributed by atoms with Crippen LogP contribution in [0.5, 0.6) is 0 Å². The first kappa shape index (κ1) is 28.2. The van der Waals surface area contributed by atoms with Gasteiger partial charge in [-0.15, -0.1) is 0 Å².